The predicted molar refractivity (Wildman–Crippen MR) is 104 cm³/mol. The van der Waals surface area contributed by atoms with Gasteiger partial charge >= 0.3 is 5.69 Å². The average Bonchev–Trinajstić information content (AvgIpc) is 3.28. The van der Waals surface area contributed by atoms with E-state index in [1.165, 1.54) is 20.4 Å². The fourth-order valence-electron chi connectivity index (χ4n) is 2.81. The molecule has 3 aromatic heterocycles. The van der Waals surface area contributed by atoms with Crippen molar-refractivity contribution in [1.82, 2.24) is 19.2 Å². The van der Waals surface area contributed by atoms with E-state index in [1.807, 2.05) is 36.6 Å². The molecule has 27 heavy (non-hydrogen) atoms. The maximum Gasteiger partial charge on any atom is 0.350 e. The van der Waals surface area contributed by atoms with Gasteiger partial charge in [0.2, 0.25) is 0 Å². The van der Waals surface area contributed by atoms with Crippen molar-refractivity contribution in [2.24, 2.45) is 0 Å². The molecule has 3 heterocycles. The molecule has 0 saturated heterocycles. The van der Waals surface area contributed by atoms with Crippen LogP contribution in [0.3, 0.4) is 0 Å². The number of methoxy groups -OCH3 is 1. The van der Waals surface area contributed by atoms with Gasteiger partial charge in [-0.05, 0) is 37.3 Å². The van der Waals surface area contributed by atoms with E-state index in [9.17, 15) is 4.79 Å². The van der Waals surface area contributed by atoms with E-state index in [1.54, 1.807) is 25.4 Å². The molecule has 0 radical (unpaired) electrons. The van der Waals surface area contributed by atoms with E-state index < -0.39 is 0 Å². The molecule has 4 rings (SSSR count). The van der Waals surface area contributed by atoms with E-state index in [2.05, 4.69) is 10.1 Å². The highest BCUT2D eigenvalue weighted by Crippen LogP contribution is 2.33. The normalized spacial score (nSPS) is 11.0. The second kappa shape index (κ2) is 7.24. The summed E-state index contributed by atoms with van der Waals surface area (Å²) in [6, 6.07) is 11.2. The second-order valence-corrected chi connectivity index (χ2v) is 6.67. The quantitative estimate of drug-likeness (QED) is 0.513. The summed E-state index contributed by atoms with van der Waals surface area (Å²) in [6.07, 6.45) is 1.71. The van der Waals surface area contributed by atoms with Crippen LogP contribution in [0, 0.1) is 0 Å². The highest BCUT2D eigenvalue weighted by atomic mass is 32.1. The van der Waals surface area contributed by atoms with E-state index in [-0.39, 0.29) is 5.69 Å². The molecule has 0 amide bonds. The Kier molecular flexibility index (Phi) is 4.64. The van der Waals surface area contributed by atoms with Crippen LogP contribution in [0.5, 0.6) is 11.5 Å². The van der Waals surface area contributed by atoms with Crippen molar-refractivity contribution >= 4 is 17.0 Å². The number of nitrogens with zero attached hydrogens (tertiary/aromatic N) is 4. The van der Waals surface area contributed by atoms with Gasteiger partial charge < -0.3 is 9.47 Å². The van der Waals surface area contributed by atoms with Crippen molar-refractivity contribution in [1.29, 1.82) is 0 Å². The molecule has 1 aromatic carbocycles. The lowest BCUT2D eigenvalue weighted by molar-refractivity contribution is 0.311. The van der Waals surface area contributed by atoms with Crippen LogP contribution in [0.2, 0.25) is 0 Å². The minimum Gasteiger partial charge on any atom is -0.493 e. The number of rotatable bonds is 6. The standard InChI is InChI=1S/C19H18N4O3S/c1-3-26-15-8-7-13(10-16(15)25-2)18-20-14(12-27-18)11-23-19(24)22-9-5-4-6-17(22)21-23/h4-10,12H,3,11H2,1-2H3. The van der Waals surface area contributed by atoms with E-state index in [4.69, 9.17) is 9.47 Å². The third kappa shape index (κ3) is 3.31. The lowest BCUT2D eigenvalue weighted by Crippen LogP contribution is -2.21. The number of fused-ring (bicyclic) bond motifs is 1. The Hall–Kier alpha value is -3.13. The van der Waals surface area contributed by atoms with Gasteiger partial charge in [-0.3, -0.25) is 4.40 Å². The van der Waals surface area contributed by atoms with Crippen molar-refractivity contribution < 1.29 is 9.47 Å². The molecular weight excluding hydrogens is 364 g/mol. The minimum absolute atomic E-state index is 0.178. The van der Waals surface area contributed by atoms with E-state index in [0.717, 1.165) is 16.3 Å². The lowest BCUT2D eigenvalue weighted by Gasteiger charge is -2.09. The van der Waals surface area contributed by atoms with Crippen LogP contribution in [-0.2, 0) is 6.54 Å². The summed E-state index contributed by atoms with van der Waals surface area (Å²) in [5.41, 5.74) is 2.17. The smallest absolute Gasteiger partial charge is 0.350 e. The number of pyridine rings is 1. The molecule has 0 saturated carbocycles. The third-order valence-electron chi connectivity index (χ3n) is 4.06. The maximum absolute atomic E-state index is 12.4. The van der Waals surface area contributed by atoms with Crippen LogP contribution in [0.25, 0.3) is 16.2 Å². The molecule has 4 aromatic rings. The second-order valence-electron chi connectivity index (χ2n) is 5.81. The van der Waals surface area contributed by atoms with Crippen molar-refractivity contribution in [3.05, 3.63) is 64.2 Å². The monoisotopic (exact) mass is 382 g/mol. The Morgan fingerprint density at radius 3 is 2.85 bits per heavy atom. The summed E-state index contributed by atoms with van der Waals surface area (Å²) in [4.78, 5) is 17.1. The third-order valence-corrected chi connectivity index (χ3v) is 5.00. The largest absolute Gasteiger partial charge is 0.493 e. The molecule has 0 unspecified atom stereocenters. The number of hydrogen-bond acceptors (Lipinski definition) is 6. The number of hydrogen-bond donors (Lipinski definition) is 0. The fourth-order valence-corrected chi connectivity index (χ4v) is 3.62. The van der Waals surface area contributed by atoms with Crippen LogP contribution in [0.15, 0.2) is 52.8 Å². The van der Waals surface area contributed by atoms with Crippen molar-refractivity contribution in [2.45, 2.75) is 13.5 Å². The number of aromatic nitrogens is 4. The molecule has 0 N–H and O–H groups in total. The van der Waals surface area contributed by atoms with Crippen LogP contribution >= 0.6 is 11.3 Å². The Labute approximate surface area is 159 Å². The number of benzene rings is 1. The molecule has 8 heteroatoms. The highest BCUT2D eigenvalue weighted by molar-refractivity contribution is 7.13. The Balaban J connectivity index is 1.61. The van der Waals surface area contributed by atoms with E-state index in [0.29, 0.717) is 30.3 Å². The van der Waals surface area contributed by atoms with Crippen molar-refractivity contribution in [3.63, 3.8) is 0 Å². The molecule has 0 aliphatic rings. The van der Waals surface area contributed by atoms with Gasteiger partial charge in [0.1, 0.15) is 5.01 Å². The summed E-state index contributed by atoms with van der Waals surface area (Å²) < 4.78 is 13.9. The van der Waals surface area contributed by atoms with Crippen LogP contribution in [0.4, 0.5) is 0 Å². The van der Waals surface area contributed by atoms with Gasteiger partial charge in [0, 0.05) is 17.1 Å². The molecule has 138 valence electrons. The topological polar surface area (TPSA) is 70.6 Å². The van der Waals surface area contributed by atoms with Gasteiger partial charge in [-0.2, -0.15) is 0 Å². The number of thiazole rings is 1. The first kappa shape index (κ1) is 17.3. The van der Waals surface area contributed by atoms with Crippen LogP contribution in [0.1, 0.15) is 12.6 Å². The first-order valence-electron chi connectivity index (χ1n) is 8.49. The van der Waals surface area contributed by atoms with Crippen molar-refractivity contribution in [2.75, 3.05) is 13.7 Å². The van der Waals surface area contributed by atoms with Gasteiger partial charge in [0.05, 0.1) is 26.0 Å². The zero-order chi connectivity index (χ0) is 18.8. The molecule has 0 bridgehead atoms. The van der Waals surface area contributed by atoms with Crippen LogP contribution in [-0.4, -0.2) is 32.9 Å². The molecular formula is C19H18N4O3S. The molecule has 0 atom stereocenters. The van der Waals surface area contributed by atoms with Gasteiger partial charge in [0.25, 0.3) is 0 Å². The molecule has 0 aliphatic heterocycles. The summed E-state index contributed by atoms with van der Waals surface area (Å²) >= 11 is 1.52. The predicted octanol–water partition coefficient (Wildman–Crippen LogP) is 3.08. The molecule has 0 spiro atoms. The minimum atomic E-state index is -0.178. The first-order valence-corrected chi connectivity index (χ1v) is 9.37. The Bertz CT molecular complexity index is 1150. The average molecular weight is 382 g/mol. The van der Waals surface area contributed by atoms with Gasteiger partial charge in [-0.1, -0.05) is 6.07 Å². The van der Waals surface area contributed by atoms with Crippen molar-refractivity contribution in [3.8, 4) is 22.1 Å². The summed E-state index contributed by atoms with van der Waals surface area (Å²) in [5, 5.41) is 7.13. The zero-order valence-electron chi connectivity index (χ0n) is 15.0. The summed E-state index contributed by atoms with van der Waals surface area (Å²) in [6.45, 7) is 2.83. The summed E-state index contributed by atoms with van der Waals surface area (Å²) in [7, 11) is 1.62. The zero-order valence-corrected chi connectivity index (χ0v) is 15.8. The molecule has 0 fully saturated rings. The van der Waals surface area contributed by atoms with E-state index >= 15 is 0 Å². The lowest BCUT2D eigenvalue weighted by atomic mass is 10.2. The van der Waals surface area contributed by atoms with Gasteiger partial charge in [-0.25, -0.2) is 14.5 Å². The summed E-state index contributed by atoms with van der Waals surface area (Å²) in [5.74, 6) is 1.37. The Morgan fingerprint density at radius 2 is 2.07 bits per heavy atom. The highest BCUT2D eigenvalue weighted by Gasteiger charge is 2.12. The van der Waals surface area contributed by atoms with Gasteiger partial charge in [-0.15, -0.1) is 16.4 Å². The fraction of sp³-hybridized carbons (Fsp3) is 0.211. The van der Waals surface area contributed by atoms with Gasteiger partial charge in [0.15, 0.2) is 17.1 Å². The molecule has 0 aliphatic carbocycles. The maximum atomic E-state index is 12.4. The molecule has 7 nitrogen and oxygen atoms in total. The number of ether oxygens (including phenoxy) is 2. The SMILES string of the molecule is CCOc1ccc(-c2nc(Cn3nc4ccccn4c3=O)cs2)cc1OC. The first-order chi connectivity index (χ1) is 13.2. The Morgan fingerprint density at radius 1 is 1.19 bits per heavy atom. The van der Waals surface area contributed by atoms with Crippen LogP contribution < -0.4 is 15.2 Å².